The van der Waals surface area contributed by atoms with E-state index < -0.39 is 5.97 Å². The summed E-state index contributed by atoms with van der Waals surface area (Å²) in [5, 5.41) is 2.80. The van der Waals surface area contributed by atoms with Crippen LogP contribution in [0.25, 0.3) is 21.5 Å². The van der Waals surface area contributed by atoms with Crippen molar-refractivity contribution in [2.24, 2.45) is 0 Å². The number of hydrogen-bond acceptors (Lipinski definition) is 5. The van der Waals surface area contributed by atoms with Crippen LogP contribution in [0.3, 0.4) is 0 Å². The van der Waals surface area contributed by atoms with Crippen molar-refractivity contribution in [3.05, 3.63) is 76.7 Å². The number of thiophene rings is 1. The van der Waals surface area contributed by atoms with Crippen molar-refractivity contribution in [1.29, 1.82) is 0 Å². The third kappa shape index (κ3) is 3.49. The number of aryl methyl sites for hydroxylation is 2. The second kappa shape index (κ2) is 7.44. The fourth-order valence-corrected chi connectivity index (χ4v) is 3.89. The van der Waals surface area contributed by atoms with E-state index in [1.807, 2.05) is 43.5 Å². The van der Waals surface area contributed by atoms with E-state index in [0.29, 0.717) is 17.1 Å². The number of rotatable bonds is 4. The van der Waals surface area contributed by atoms with Crippen molar-refractivity contribution < 1.29 is 14.3 Å². The Morgan fingerprint density at radius 1 is 1.00 bits per heavy atom. The van der Waals surface area contributed by atoms with Crippen molar-refractivity contribution in [3.8, 4) is 22.1 Å². The topological polar surface area (TPSA) is 48.4 Å². The lowest BCUT2D eigenvalue weighted by molar-refractivity contribution is 0.0736. The first-order valence-electron chi connectivity index (χ1n) is 8.87. The number of carbonyl (C=O) groups excluding carboxylic acids is 1. The van der Waals surface area contributed by atoms with Crippen LogP contribution in [0.5, 0.6) is 11.5 Å². The molecule has 0 saturated heterocycles. The maximum absolute atomic E-state index is 13.0. The third-order valence-corrected chi connectivity index (χ3v) is 5.40. The number of pyridine rings is 1. The first-order chi connectivity index (χ1) is 13.5. The van der Waals surface area contributed by atoms with Crippen molar-refractivity contribution in [2.45, 2.75) is 13.8 Å². The smallest absolute Gasteiger partial charge is 0.344 e. The number of hydrogen-bond donors (Lipinski definition) is 0. The molecule has 4 nitrogen and oxygen atoms in total. The lowest BCUT2D eigenvalue weighted by Gasteiger charge is -2.12. The Hall–Kier alpha value is -3.18. The highest BCUT2D eigenvalue weighted by Crippen LogP contribution is 2.31. The maximum Gasteiger partial charge on any atom is 0.344 e. The van der Waals surface area contributed by atoms with Crippen LogP contribution < -0.4 is 9.47 Å². The van der Waals surface area contributed by atoms with Crippen LogP contribution in [0, 0.1) is 13.8 Å². The van der Waals surface area contributed by atoms with E-state index >= 15 is 0 Å². The Balaban J connectivity index is 1.82. The van der Waals surface area contributed by atoms with E-state index in [-0.39, 0.29) is 0 Å². The average molecular weight is 389 g/mol. The summed E-state index contributed by atoms with van der Waals surface area (Å²) in [5.41, 5.74) is 4.21. The van der Waals surface area contributed by atoms with Crippen molar-refractivity contribution in [3.63, 3.8) is 0 Å². The molecule has 0 bridgehead atoms. The largest absolute Gasteiger partial charge is 0.497 e. The number of fused-ring (bicyclic) bond motifs is 1. The highest BCUT2D eigenvalue weighted by molar-refractivity contribution is 7.13. The molecule has 2 aromatic heterocycles. The molecule has 0 N–H and O–H groups in total. The number of aromatic nitrogens is 1. The van der Waals surface area contributed by atoms with Gasteiger partial charge in [0.15, 0.2) is 0 Å². The van der Waals surface area contributed by atoms with Gasteiger partial charge in [-0.3, -0.25) is 0 Å². The normalized spacial score (nSPS) is 10.8. The fraction of sp³-hybridized carbons (Fsp3) is 0.130. The van der Waals surface area contributed by atoms with Crippen LogP contribution in [-0.4, -0.2) is 18.1 Å². The number of ether oxygens (including phenoxy) is 2. The summed E-state index contributed by atoms with van der Waals surface area (Å²) in [6.07, 6.45) is 0. The summed E-state index contributed by atoms with van der Waals surface area (Å²) in [6.45, 7) is 4.03. The minimum atomic E-state index is -0.402. The Kier molecular flexibility index (Phi) is 4.84. The molecule has 140 valence electrons. The van der Waals surface area contributed by atoms with Crippen molar-refractivity contribution in [2.75, 3.05) is 7.11 Å². The summed E-state index contributed by atoms with van der Waals surface area (Å²) in [5.74, 6) is 0.776. The van der Waals surface area contributed by atoms with Gasteiger partial charge in [0.05, 0.1) is 28.8 Å². The molecule has 2 aromatic carbocycles. The minimum Gasteiger partial charge on any atom is -0.497 e. The highest BCUT2D eigenvalue weighted by Gasteiger charge is 2.18. The Labute approximate surface area is 167 Å². The molecule has 28 heavy (non-hydrogen) atoms. The summed E-state index contributed by atoms with van der Waals surface area (Å²) in [7, 11) is 1.60. The van der Waals surface area contributed by atoms with Crippen LogP contribution in [0.4, 0.5) is 0 Å². The second-order valence-electron chi connectivity index (χ2n) is 6.58. The zero-order valence-electron chi connectivity index (χ0n) is 15.9. The Bertz CT molecular complexity index is 1150. The molecular formula is C23H19NO3S. The van der Waals surface area contributed by atoms with Crippen LogP contribution in [0.15, 0.2) is 60.0 Å². The van der Waals surface area contributed by atoms with Crippen LogP contribution in [0.2, 0.25) is 0 Å². The lowest BCUT2D eigenvalue weighted by atomic mass is 10.0. The molecule has 0 unspecified atom stereocenters. The molecule has 0 saturated carbocycles. The van der Waals surface area contributed by atoms with Crippen LogP contribution in [0.1, 0.15) is 21.5 Å². The standard InChI is InChI=1S/C23H19NO3S/c1-14-11-15(2)22-18(12-14)19(13-20(24-22)21-5-4-10-28-21)23(25)27-17-8-6-16(26-3)7-9-17/h4-13H,1-3H3. The molecule has 0 aliphatic carbocycles. The number of methoxy groups -OCH3 is 1. The maximum atomic E-state index is 13.0. The van der Waals surface area contributed by atoms with Crippen LogP contribution >= 0.6 is 11.3 Å². The summed E-state index contributed by atoms with van der Waals surface area (Å²) in [6, 6.07) is 16.8. The molecule has 0 spiro atoms. The van der Waals surface area contributed by atoms with Gasteiger partial charge in [0, 0.05) is 5.39 Å². The van der Waals surface area contributed by atoms with E-state index in [0.717, 1.165) is 32.6 Å². The first-order valence-corrected chi connectivity index (χ1v) is 9.75. The Morgan fingerprint density at radius 3 is 2.43 bits per heavy atom. The predicted molar refractivity (Wildman–Crippen MR) is 112 cm³/mol. The number of nitrogens with zero attached hydrogens (tertiary/aromatic N) is 1. The van der Waals surface area contributed by atoms with Gasteiger partial charge in [0.1, 0.15) is 11.5 Å². The molecule has 0 radical (unpaired) electrons. The van der Waals surface area contributed by atoms with Gasteiger partial charge in [0.2, 0.25) is 0 Å². The molecule has 5 heteroatoms. The Morgan fingerprint density at radius 2 is 1.75 bits per heavy atom. The molecule has 4 rings (SSSR count). The second-order valence-corrected chi connectivity index (χ2v) is 7.52. The van der Waals surface area contributed by atoms with E-state index in [1.54, 1.807) is 42.7 Å². The van der Waals surface area contributed by atoms with Crippen molar-refractivity contribution >= 4 is 28.2 Å². The van der Waals surface area contributed by atoms with Gasteiger partial charge in [0.25, 0.3) is 0 Å². The van der Waals surface area contributed by atoms with Crippen molar-refractivity contribution in [1.82, 2.24) is 4.98 Å². The van der Waals surface area contributed by atoms with Gasteiger partial charge < -0.3 is 9.47 Å². The van der Waals surface area contributed by atoms with E-state index in [2.05, 4.69) is 6.07 Å². The lowest BCUT2D eigenvalue weighted by Crippen LogP contribution is -2.10. The van der Waals surface area contributed by atoms with Crippen LogP contribution in [-0.2, 0) is 0 Å². The molecule has 0 atom stereocenters. The van der Waals surface area contributed by atoms with E-state index in [4.69, 9.17) is 14.5 Å². The van der Waals surface area contributed by atoms with E-state index in [1.165, 1.54) is 0 Å². The summed E-state index contributed by atoms with van der Waals surface area (Å²) >= 11 is 1.59. The molecule has 2 heterocycles. The molecule has 4 aromatic rings. The molecule has 0 aliphatic rings. The monoisotopic (exact) mass is 389 g/mol. The number of esters is 1. The predicted octanol–water partition coefficient (Wildman–Crippen LogP) is 5.81. The van der Waals surface area contributed by atoms with Gasteiger partial charge in [-0.2, -0.15) is 0 Å². The van der Waals surface area contributed by atoms with Gasteiger partial charge in [-0.15, -0.1) is 11.3 Å². The summed E-state index contributed by atoms with van der Waals surface area (Å²) < 4.78 is 10.8. The number of carbonyl (C=O) groups is 1. The zero-order chi connectivity index (χ0) is 19.7. The first kappa shape index (κ1) is 18.2. The molecular weight excluding hydrogens is 370 g/mol. The number of benzene rings is 2. The van der Waals surface area contributed by atoms with Gasteiger partial charge >= 0.3 is 5.97 Å². The SMILES string of the molecule is COc1ccc(OC(=O)c2cc(-c3cccs3)nc3c(C)cc(C)cc23)cc1. The van der Waals surface area contributed by atoms with E-state index in [9.17, 15) is 4.79 Å². The molecule has 0 fully saturated rings. The fourth-order valence-electron chi connectivity index (χ4n) is 3.21. The van der Waals surface area contributed by atoms with Gasteiger partial charge in [-0.25, -0.2) is 9.78 Å². The third-order valence-electron chi connectivity index (χ3n) is 4.51. The summed E-state index contributed by atoms with van der Waals surface area (Å²) in [4.78, 5) is 18.9. The minimum absolute atomic E-state index is 0.402. The average Bonchev–Trinajstić information content (AvgIpc) is 3.22. The quantitative estimate of drug-likeness (QED) is 0.326. The van der Waals surface area contributed by atoms with Gasteiger partial charge in [-0.1, -0.05) is 17.7 Å². The molecule has 0 aliphatic heterocycles. The van der Waals surface area contributed by atoms with Gasteiger partial charge in [-0.05, 0) is 67.3 Å². The zero-order valence-corrected chi connectivity index (χ0v) is 16.7. The highest BCUT2D eigenvalue weighted by atomic mass is 32.1. The molecule has 0 amide bonds.